The van der Waals surface area contributed by atoms with E-state index >= 15 is 0 Å². The van der Waals surface area contributed by atoms with Crippen molar-refractivity contribution in [1.29, 1.82) is 0 Å². The monoisotopic (exact) mass is 135 g/mol. The third kappa shape index (κ3) is 0.744. The van der Waals surface area contributed by atoms with Crippen molar-refractivity contribution < 1.29 is 0 Å². The summed E-state index contributed by atoms with van der Waals surface area (Å²) in [5.74, 6) is 1.37. The summed E-state index contributed by atoms with van der Waals surface area (Å²) >= 11 is 0. The van der Waals surface area contributed by atoms with Crippen LogP contribution >= 0.6 is 0 Å². The van der Waals surface area contributed by atoms with E-state index in [9.17, 15) is 0 Å². The first kappa shape index (κ1) is 5.65. The van der Waals surface area contributed by atoms with Gasteiger partial charge in [-0.1, -0.05) is 6.92 Å². The van der Waals surface area contributed by atoms with Gasteiger partial charge in [-0.2, -0.15) is 0 Å². The number of hydrogen-bond donors (Lipinski definition) is 0. The summed E-state index contributed by atoms with van der Waals surface area (Å²) in [6.45, 7) is 3.16. The minimum atomic E-state index is 0.543. The van der Waals surface area contributed by atoms with E-state index in [1.54, 1.807) is 6.20 Å². The van der Waals surface area contributed by atoms with Gasteiger partial charge in [0.2, 0.25) is 5.95 Å². The summed E-state index contributed by atoms with van der Waals surface area (Å²) in [6, 6.07) is 0. The maximum absolute atomic E-state index is 4.16. The third-order valence-corrected chi connectivity index (χ3v) is 1.62. The van der Waals surface area contributed by atoms with E-state index in [0.717, 1.165) is 12.5 Å². The molecule has 2 rings (SSSR count). The van der Waals surface area contributed by atoms with Gasteiger partial charge in [0, 0.05) is 31.1 Å². The van der Waals surface area contributed by atoms with Gasteiger partial charge >= 0.3 is 0 Å². The van der Waals surface area contributed by atoms with E-state index in [1.807, 2.05) is 12.4 Å². The first-order chi connectivity index (χ1) is 4.86. The second-order valence-electron chi connectivity index (χ2n) is 2.64. The molecule has 0 N–H and O–H groups in total. The highest BCUT2D eigenvalue weighted by atomic mass is 15.2. The fourth-order valence-corrected chi connectivity index (χ4v) is 1.12. The molecule has 1 aliphatic rings. The molecular formula is C7H9N3. The van der Waals surface area contributed by atoms with Crippen LogP contribution in [-0.2, 0) is 6.54 Å². The van der Waals surface area contributed by atoms with Crippen LogP contribution in [0.1, 0.15) is 6.92 Å². The minimum Gasteiger partial charge on any atom is -0.315 e. The zero-order chi connectivity index (χ0) is 6.97. The Morgan fingerprint density at radius 2 is 2.60 bits per heavy atom. The van der Waals surface area contributed by atoms with Crippen LogP contribution in [0.2, 0.25) is 0 Å². The van der Waals surface area contributed by atoms with E-state index in [0.29, 0.717) is 5.92 Å². The highest BCUT2D eigenvalue weighted by molar-refractivity contribution is 5.64. The van der Waals surface area contributed by atoms with Crippen molar-refractivity contribution in [2.45, 2.75) is 13.5 Å². The average molecular weight is 135 g/mol. The van der Waals surface area contributed by atoms with Crippen molar-refractivity contribution in [2.75, 3.05) is 0 Å². The SMILES string of the molecule is CC1C=Nc2nccn2C1. The second-order valence-corrected chi connectivity index (χ2v) is 2.64. The second kappa shape index (κ2) is 1.94. The quantitative estimate of drug-likeness (QED) is 0.526. The van der Waals surface area contributed by atoms with E-state index in [-0.39, 0.29) is 0 Å². The lowest BCUT2D eigenvalue weighted by molar-refractivity contribution is 0.592. The molecule has 2 heterocycles. The normalized spacial score (nSPS) is 22.7. The molecular weight excluding hydrogens is 126 g/mol. The number of nitrogens with zero attached hydrogens (tertiary/aromatic N) is 3. The first-order valence-corrected chi connectivity index (χ1v) is 3.41. The van der Waals surface area contributed by atoms with Crippen molar-refractivity contribution in [2.24, 2.45) is 10.9 Å². The summed E-state index contributed by atoms with van der Waals surface area (Å²) in [4.78, 5) is 8.22. The molecule has 52 valence electrons. The van der Waals surface area contributed by atoms with E-state index in [2.05, 4.69) is 21.5 Å². The number of aromatic nitrogens is 2. The van der Waals surface area contributed by atoms with Crippen LogP contribution in [0.15, 0.2) is 17.4 Å². The van der Waals surface area contributed by atoms with Crippen LogP contribution < -0.4 is 0 Å². The van der Waals surface area contributed by atoms with Crippen molar-refractivity contribution in [1.82, 2.24) is 9.55 Å². The summed E-state index contributed by atoms with van der Waals surface area (Å²) in [5.41, 5.74) is 0. The van der Waals surface area contributed by atoms with Gasteiger partial charge in [-0.3, -0.25) is 0 Å². The van der Waals surface area contributed by atoms with Crippen LogP contribution in [0.25, 0.3) is 0 Å². The molecule has 0 radical (unpaired) electrons. The van der Waals surface area contributed by atoms with Crippen molar-refractivity contribution >= 4 is 12.2 Å². The fraction of sp³-hybridized carbons (Fsp3) is 0.429. The molecule has 0 bridgehead atoms. The third-order valence-electron chi connectivity index (χ3n) is 1.62. The minimum absolute atomic E-state index is 0.543. The molecule has 10 heavy (non-hydrogen) atoms. The lowest BCUT2D eigenvalue weighted by Crippen LogP contribution is -2.11. The van der Waals surface area contributed by atoms with Gasteiger partial charge in [0.05, 0.1) is 0 Å². The molecule has 1 aliphatic heterocycles. The first-order valence-electron chi connectivity index (χ1n) is 3.41. The summed E-state index contributed by atoms with van der Waals surface area (Å²) in [7, 11) is 0. The maximum atomic E-state index is 4.16. The molecule has 1 aromatic heterocycles. The van der Waals surface area contributed by atoms with Gasteiger partial charge in [-0.25, -0.2) is 9.98 Å². The molecule has 0 amide bonds. The van der Waals surface area contributed by atoms with Crippen LogP contribution in [-0.4, -0.2) is 15.8 Å². The molecule has 1 aromatic rings. The Hall–Kier alpha value is -1.12. The van der Waals surface area contributed by atoms with Crippen molar-refractivity contribution in [3.63, 3.8) is 0 Å². The molecule has 0 aromatic carbocycles. The number of aliphatic imine (C=N–C) groups is 1. The van der Waals surface area contributed by atoms with Crippen LogP contribution in [0.4, 0.5) is 5.95 Å². The number of imidazole rings is 1. The predicted octanol–water partition coefficient (Wildman–Crippen LogP) is 1.24. The van der Waals surface area contributed by atoms with E-state index in [4.69, 9.17) is 0 Å². The smallest absolute Gasteiger partial charge is 0.229 e. The zero-order valence-electron chi connectivity index (χ0n) is 5.86. The topological polar surface area (TPSA) is 30.2 Å². The molecule has 0 fully saturated rings. The summed E-state index contributed by atoms with van der Waals surface area (Å²) < 4.78 is 2.06. The Morgan fingerprint density at radius 3 is 3.50 bits per heavy atom. The molecule has 0 spiro atoms. The molecule has 1 atom stereocenters. The number of fused-ring (bicyclic) bond motifs is 1. The van der Waals surface area contributed by atoms with Crippen molar-refractivity contribution in [3.05, 3.63) is 12.4 Å². The zero-order valence-corrected chi connectivity index (χ0v) is 5.86. The highest BCUT2D eigenvalue weighted by Crippen LogP contribution is 2.15. The van der Waals surface area contributed by atoms with Crippen LogP contribution in [0, 0.1) is 5.92 Å². The summed E-state index contributed by atoms with van der Waals surface area (Å²) in [5, 5.41) is 0. The highest BCUT2D eigenvalue weighted by Gasteiger charge is 2.08. The number of hydrogen-bond acceptors (Lipinski definition) is 2. The number of rotatable bonds is 0. The predicted molar refractivity (Wildman–Crippen MR) is 39.5 cm³/mol. The molecule has 0 saturated heterocycles. The van der Waals surface area contributed by atoms with Crippen LogP contribution in [0.5, 0.6) is 0 Å². The fourth-order valence-electron chi connectivity index (χ4n) is 1.12. The van der Waals surface area contributed by atoms with Gasteiger partial charge in [0.25, 0.3) is 0 Å². The molecule has 0 aliphatic carbocycles. The average Bonchev–Trinajstić information content (AvgIpc) is 2.33. The van der Waals surface area contributed by atoms with E-state index in [1.165, 1.54) is 0 Å². The largest absolute Gasteiger partial charge is 0.315 e. The lowest BCUT2D eigenvalue weighted by atomic mass is 10.2. The Balaban J connectivity index is 2.43. The van der Waals surface area contributed by atoms with Gasteiger partial charge in [0.1, 0.15) is 0 Å². The molecule has 3 nitrogen and oxygen atoms in total. The van der Waals surface area contributed by atoms with Gasteiger partial charge in [-0.15, -0.1) is 0 Å². The molecule has 3 heteroatoms. The Kier molecular flexibility index (Phi) is 1.09. The summed E-state index contributed by atoms with van der Waals surface area (Å²) in [6.07, 6.45) is 5.69. The van der Waals surface area contributed by atoms with Gasteiger partial charge in [0.15, 0.2) is 0 Å². The Morgan fingerprint density at radius 1 is 1.70 bits per heavy atom. The lowest BCUT2D eigenvalue weighted by Gasteiger charge is -2.12. The standard InChI is InChI=1S/C7H9N3/c1-6-4-9-7-8-2-3-10(7)5-6/h2-4,6H,5H2,1H3. The molecule has 0 saturated carbocycles. The van der Waals surface area contributed by atoms with Crippen LogP contribution in [0.3, 0.4) is 0 Å². The van der Waals surface area contributed by atoms with Gasteiger partial charge < -0.3 is 4.57 Å². The van der Waals surface area contributed by atoms with E-state index < -0.39 is 0 Å². The van der Waals surface area contributed by atoms with Crippen molar-refractivity contribution in [3.8, 4) is 0 Å². The Bertz CT molecular complexity index is 262. The maximum Gasteiger partial charge on any atom is 0.229 e. The Labute approximate surface area is 59.4 Å². The molecule has 1 unspecified atom stereocenters. The van der Waals surface area contributed by atoms with Gasteiger partial charge in [-0.05, 0) is 0 Å².